The van der Waals surface area contributed by atoms with Crippen molar-refractivity contribution < 1.29 is 35.5 Å². The van der Waals surface area contributed by atoms with Crippen LogP contribution in [0.4, 0.5) is 17.6 Å². The number of sulfonamides is 1. The van der Waals surface area contributed by atoms with Crippen LogP contribution in [0.3, 0.4) is 0 Å². The summed E-state index contributed by atoms with van der Waals surface area (Å²) in [5.74, 6) is -0.561. The van der Waals surface area contributed by atoms with Gasteiger partial charge >= 0.3 is 6.18 Å². The lowest BCUT2D eigenvalue weighted by atomic mass is 10.2. The molecule has 0 radical (unpaired) electrons. The van der Waals surface area contributed by atoms with Crippen molar-refractivity contribution in [3.05, 3.63) is 29.8 Å². The van der Waals surface area contributed by atoms with E-state index in [9.17, 15) is 30.8 Å². The standard InChI is InChI=1S/C16H18F4N2O4S/c17-12-9-14(15(23)21-4-6-26-7-5-21)22(10-12)27(24,25)13-3-1-2-11(8-13)16(18,19)20/h1-3,8,12,14H,4-7,9-10H2/t12-,14-/m1/s1. The molecule has 2 aliphatic heterocycles. The van der Waals surface area contributed by atoms with E-state index in [4.69, 9.17) is 4.74 Å². The van der Waals surface area contributed by atoms with Gasteiger partial charge in [0.15, 0.2) is 0 Å². The Kier molecular flexibility index (Phi) is 5.46. The van der Waals surface area contributed by atoms with Crippen molar-refractivity contribution >= 4 is 15.9 Å². The molecule has 1 aromatic carbocycles. The third-order valence-electron chi connectivity index (χ3n) is 4.58. The number of carbonyl (C=O) groups excluding carboxylic acids is 1. The Hall–Kier alpha value is -1.72. The van der Waals surface area contributed by atoms with Crippen molar-refractivity contribution in [2.45, 2.75) is 29.7 Å². The number of rotatable bonds is 3. The van der Waals surface area contributed by atoms with Gasteiger partial charge in [-0.05, 0) is 18.2 Å². The Balaban J connectivity index is 1.91. The van der Waals surface area contributed by atoms with Gasteiger partial charge in [0.25, 0.3) is 0 Å². The van der Waals surface area contributed by atoms with E-state index in [-0.39, 0.29) is 32.7 Å². The molecule has 2 atom stereocenters. The van der Waals surface area contributed by atoms with Gasteiger partial charge in [0, 0.05) is 26.1 Å². The molecular weight excluding hydrogens is 392 g/mol. The summed E-state index contributed by atoms with van der Waals surface area (Å²) < 4.78 is 84.2. The molecule has 1 amide bonds. The summed E-state index contributed by atoms with van der Waals surface area (Å²) in [6.07, 6.45) is -6.61. The number of ether oxygens (including phenoxy) is 1. The molecule has 0 aromatic heterocycles. The third-order valence-corrected chi connectivity index (χ3v) is 6.45. The zero-order chi connectivity index (χ0) is 19.8. The topological polar surface area (TPSA) is 66.9 Å². The van der Waals surface area contributed by atoms with Gasteiger partial charge in [0.1, 0.15) is 12.2 Å². The first-order chi connectivity index (χ1) is 12.6. The smallest absolute Gasteiger partial charge is 0.378 e. The minimum absolute atomic E-state index is 0.254. The Morgan fingerprint density at radius 1 is 1.19 bits per heavy atom. The van der Waals surface area contributed by atoms with E-state index in [2.05, 4.69) is 0 Å². The van der Waals surface area contributed by atoms with Crippen LogP contribution in [0.1, 0.15) is 12.0 Å². The molecule has 27 heavy (non-hydrogen) atoms. The highest BCUT2D eigenvalue weighted by Crippen LogP contribution is 2.33. The fraction of sp³-hybridized carbons (Fsp3) is 0.562. The highest BCUT2D eigenvalue weighted by molar-refractivity contribution is 7.89. The van der Waals surface area contributed by atoms with Crippen LogP contribution in [0.2, 0.25) is 0 Å². The number of morpholine rings is 1. The molecule has 0 aliphatic carbocycles. The maximum Gasteiger partial charge on any atom is 0.416 e. The second-order valence-corrected chi connectivity index (χ2v) is 8.28. The van der Waals surface area contributed by atoms with E-state index in [1.165, 1.54) is 4.90 Å². The molecule has 2 heterocycles. The maximum atomic E-state index is 14.0. The van der Waals surface area contributed by atoms with Gasteiger partial charge in [-0.2, -0.15) is 17.5 Å². The van der Waals surface area contributed by atoms with Crippen LogP contribution >= 0.6 is 0 Å². The minimum Gasteiger partial charge on any atom is -0.378 e. The SMILES string of the molecule is O=C([C@H]1C[C@@H](F)CN1S(=O)(=O)c1cccc(C(F)(F)F)c1)N1CCOCC1. The van der Waals surface area contributed by atoms with Gasteiger partial charge in [-0.1, -0.05) is 6.07 Å². The quantitative estimate of drug-likeness (QED) is 0.711. The zero-order valence-electron chi connectivity index (χ0n) is 14.2. The van der Waals surface area contributed by atoms with E-state index in [0.29, 0.717) is 10.4 Å². The van der Waals surface area contributed by atoms with Crippen LogP contribution in [0.5, 0.6) is 0 Å². The summed E-state index contributed by atoms with van der Waals surface area (Å²) in [5.41, 5.74) is -1.13. The number of amides is 1. The van der Waals surface area contributed by atoms with E-state index in [1.807, 2.05) is 0 Å². The van der Waals surface area contributed by atoms with Crippen LogP contribution < -0.4 is 0 Å². The Morgan fingerprint density at radius 3 is 2.48 bits per heavy atom. The van der Waals surface area contributed by atoms with Crippen molar-refractivity contribution in [1.29, 1.82) is 0 Å². The first-order valence-electron chi connectivity index (χ1n) is 8.30. The number of halogens is 4. The summed E-state index contributed by atoms with van der Waals surface area (Å²) in [6.45, 7) is 0.516. The molecular formula is C16H18F4N2O4S. The predicted molar refractivity (Wildman–Crippen MR) is 86.0 cm³/mol. The van der Waals surface area contributed by atoms with Gasteiger partial charge in [-0.25, -0.2) is 12.8 Å². The third kappa shape index (κ3) is 4.09. The first kappa shape index (κ1) is 20.0. The highest BCUT2D eigenvalue weighted by atomic mass is 32.2. The molecule has 0 unspecified atom stereocenters. The Morgan fingerprint density at radius 2 is 1.85 bits per heavy atom. The second kappa shape index (κ2) is 7.36. The van der Waals surface area contributed by atoms with E-state index < -0.39 is 51.3 Å². The minimum atomic E-state index is -4.72. The van der Waals surface area contributed by atoms with Crippen molar-refractivity contribution in [2.24, 2.45) is 0 Å². The molecule has 150 valence electrons. The molecule has 2 saturated heterocycles. The summed E-state index contributed by atoms with van der Waals surface area (Å²) in [7, 11) is -4.47. The summed E-state index contributed by atoms with van der Waals surface area (Å²) in [5, 5.41) is 0. The van der Waals surface area contributed by atoms with Crippen molar-refractivity contribution in [3.63, 3.8) is 0 Å². The molecule has 3 rings (SSSR count). The lowest BCUT2D eigenvalue weighted by molar-refractivity contribution is -0.139. The number of nitrogens with zero attached hydrogens (tertiary/aromatic N) is 2. The van der Waals surface area contributed by atoms with Crippen LogP contribution in [0, 0.1) is 0 Å². The highest BCUT2D eigenvalue weighted by Gasteiger charge is 2.46. The van der Waals surface area contributed by atoms with Crippen LogP contribution in [0.15, 0.2) is 29.2 Å². The number of carbonyl (C=O) groups is 1. The molecule has 2 fully saturated rings. The molecule has 6 nitrogen and oxygen atoms in total. The van der Waals surface area contributed by atoms with Gasteiger partial charge < -0.3 is 9.64 Å². The molecule has 0 saturated carbocycles. The van der Waals surface area contributed by atoms with E-state index in [1.54, 1.807) is 0 Å². The first-order valence-corrected chi connectivity index (χ1v) is 9.74. The van der Waals surface area contributed by atoms with Gasteiger partial charge in [-0.15, -0.1) is 0 Å². The van der Waals surface area contributed by atoms with Crippen molar-refractivity contribution in [3.8, 4) is 0 Å². The predicted octanol–water partition coefficient (Wildman–Crippen LogP) is 1.67. The summed E-state index contributed by atoms with van der Waals surface area (Å²) in [6, 6.07) is 1.94. The molecule has 11 heteroatoms. The Bertz CT molecular complexity index is 809. The fourth-order valence-corrected chi connectivity index (χ4v) is 4.88. The largest absolute Gasteiger partial charge is 0.416 e. The lowest BCUT2D eigenvalue weighted by Gasteiger charge is -2.32. The number of hydrogen-bond acceptors (Lipinski definition) is 4. The van der Waals surface area contributed by atoms with Crippen molar-refractivity contribution in [2.75, 3.05) is 32.8 Å². The normalized spacial score (nSPS) is 25.0. The second-order valence-electron chi connectivity index (χ2n) is 6.39. The average Bonchev–Trinajstić information content (AvgIpc) is 3.04. The summed E-state index contributed by atoms with van der Waals surface area (Å²) in [4.78, 5) is 13.4. The number of alkyl halides is 4. The number of hydrogen-bond donors (Lipinski definition) is 0. The van der Waals surface area contributed by atoms with E-state index >= 15 is 0 Å². The van der Waals surface area contributed by atoms with Crippen LogP contribution in [0.25, 0.3) is 0 Å². The number of benzene rings is 1. The van der Waals surface area contributed by atoms with Crippen molar-refractivity contribution in [1.82, 2.24) is 9.21 Å². The van der Waals surface area contributed by atoms with Gasteiger partial charge in [0.05, 0.1) is 23.7 Å². The summed E-state index contributed by atoms with van der Waals surface area (Å²) >= 11 is 0. The average molecular weight is 410 g/mol. The molecule has 0 spiro atoms. The molecule has 2 aliphatic rings. The van der Waals surface area contributed by atoms with E-state index in [0.717, 1.165) is 18.2 Å². The van der Waals surface area contributed by atoms with Crippen LogP contribution in [-0.2, 0) is 25.7 Å². The monoisotopic (exact) mass is 410 g/mol. The zero-order valence-corrected chi connectivity index (χ0v) is 15.0. The van der Waals surface area contributed by atoms with Crippen LogP contribution in [-0.4, -0.2) is 68.6 Å². The fourth-order valence-electron chi connectivity index (χ4n) is 3.21. The Labute approximate surface area is 153 Å². The maximum absolute atomic E-state index is 14.0. The lowest BCUT2D eigenvalue weighted by Crippen LogP contribution is -2.50. The molecule has 0 N–H and O–H groups in total. The molecule has 0 bridgehead atoms. The van der Waals surface area contributed by atoms with Gasteiger partial charge in [-0.3, -0.25) is 4.79 Å². The molecule has 1 aromatic rings. The van der Waals surface area contributed by atoms with Gasteiger partial charge in [0.2, 0.25) is 15.9 Å².